The highest BCUT2D eigenvalue weighted by molar-refractivity contribution is 4.69. The van der Waals surface area contributed by atoms with Crippen LogP contribution in [0.15, 0.2) is 0 Å². The predicted molar refractivity (Wildman–Crippen MR) is 49.0 cm³/mol. The van der Waals surface area contributed by atoms with Gasteiger partial charge in [0.1, 0.15) is 0 Å². The number of rotatable bonds is 3. The normalized spacial score (nSPS) is 23.5. The van der Waals surface area contributed by atoms with Crippen LogP contribution in [0.4, 0.5) is 0 Å². The number of nitrogens with two attached hydrogens (primary N) is 1. The summed E-state index contributed by atoms with van der Waals surface area (Å²) in [4.78, 5) is 2.26. The Morgan fingerprint density at radius 2 is 2.25 bits per heavy atom. The third-order valence-corrected chi connectivity index (χ3v) is 2.17. The highest BCUT2D eigenvalue weighted by Crippen LogP contribution is 1.96. The third kappa shape index (κ3) is 3.49. The van der Waals surface area contributed by atoms with E-state index in [1.54, 1.807) is 0 Å². The van der Waals surface area contributed by atoms with Gasteiger partial charge in [0.05, 0.1) is 6.10 Å². The summed E-state index contributed by atoms with van der Waals surface area (Å²) in [5.74, 6) is 0. The molecule has 1 heterocycles. The Bertz CT molecular complexity index is 113. The molecule has 12 heavy (non-hydrogen) atoms. The molecular formula is C8H19N3O. The van der Waals surface area contributed by atoms with Crippen molar-refractivity contribution >= 4 is 0 Å². The number of aliphatic hydroxyl groups is 1. The molecule has 1 aliphatic heterocycles. The number of aliphatic hydroxyl groups excluding tert-OH is 1. The summed E-state index contributed by atoms with van der Waals surface area (Å²) in [6.45, 7) is 5.30. The summed E-state index contributed by atoms with van der Waals surface area (Å²) in [7, 11) is 0. The molecule has 0 radical (unpaired) electrons. The van der Waals surface area contributed by atoms with Gasteiger partial charge in [-0.25, -0.2) is 0 Å². The van der Waals surface area contributed by atoms with Crippen molar-refractivity contribution in [2.75, 3.05) is 39.3 Å². The van der Waals surface area contributed by atoms with Crippen LogP contribution in [0.5, 0.6) is 0 Å². The minimum Gasteiger partial charge on any atom is -0.390 e. The van der Waals surface area contributed by atoms with Gasteiger partial charge in [0.25, 0.3) is 0 Å². The number of hydrogen-bond donors (Lipinski definition) is 3. The minimum atomic E-state index is -0.358. The van der Waals surface area contributed by atoms with Gasteiger partial charge in [-0.1, -0.05) is 0 Å². The quantitative estimate of drug-likeness (QED) is 0.491. The number of β-amino-alcohol motifs (C(OH)–C–C–N with tert-alkyl or cyclic N) is 1. The Morgan fingerprint density at radius 3 is 3.00 bits per heavy atom. The molecule has 4 heteroatoms. The summed E-state index contributed by atoms with van der Waals surface area (Å²) in [5.41, 5.74) is 5.34. The zero-order valence-corrected chi connectivity index (χ0v) is 7.50. The lowest BCUT2D eigenvalue weighted by molar-refractivity contribution is 0.122. The Labute approximate surface area is 73.7 Å². The maximum Gasteiger partial charge on any atom is 0.0789 e. The van der Waals surface area contributed by atoms with Gasteiger partial charge in [-0.2, -0.15) is 0 Å². The van der Waals surface area contributed by atoms with Crippen LogP contribution in [0, 0.1) is 0 Å². The van der Waals surface area contributed by atoms with Gasteiger partial charge in [0.2, 0.25) is 0 Å². The highest BCUT2D eigenvalue weighted by atomic mass is 16.3. The number of nitrogens with zero attached hydrogens (tertiary/aromatic N) is 1. The van der Waals surface area contributed by atoms with E-state index in [4.69, 9.17) is 5.73 Å². The molecule has 0 spiro atoms. The molecule has 1 atom stereocenters. The second-order valence-corrected chi connectivity index (χ2v) is 3.29. The SMILES string of the molecule is NCC(O)CN1CCCNCC1. The molecule has 4 nitrogen and oxygen atoms in total. The molecular weight excluding hydrogens is 154 g/mol. The summed E-state index contributed by atoms with van der Waals surface area (Å²) in [6, 6.07) is 0. The van der Waals surface area contributed by atoms with Crippen molar-refractivity contribution in [3.8, 4) is 0 Å². The first-order valence-corrected chi connectivity index (χ1v) is 4.64. The van der Waals surface area contributed by atoms with Crippen LogP contribution in [-0.2, 0) is 0 Å². The van der Waals surface area contributed by atoms with E-state index < -0.39 is 0 Å². The van der Waals surface area contributed by atoms with E-state index >= 15 is 0 Å². The summed E-state index contributed by atoms with van der Waals surface area (Å²) in [6.07, 6.45) is 0.806. The molecule has 0 saturated carbocycles. The van der Waals surface area contributed by atoms with Gasteiger partial charge < -0.3 is 16.2 Å². The second kappa shape index (κ2) is 5.48. The van der Waals surface area contributed by atoms with Gasteiger partial charge in [0, 0.05) is 26.2 Å². The van der Waals surface area contributed by atoms with E-state index in [-0.39, 0.29) is 6.10 Å². The highest BCUT2D eigenvalue weighted by Gasteiger charge is 2.11. The van der Waals surface area contributed by atoms with Crippen molar-refractivity contribution in [3.05, 3.63) is 0 Å². The first-order valence-electron chi connectivity index (χ1n) is 4.64. The average molecular weight is 173 g/mol. The van der Waals surface area contributed by atoms with E-state index in [0.29, 0.717) is 6.54 Å². The molecule has 72 valence electrons. The van der Waals surface area contributed by atoms with Crippen LogP contribution in [0.2, 0.25) is 0 Å². The lowest BCUT2D eigenvalue weighted by Crippen LogP contribution is -2.38. The summed E-state index contributed by atoms with van der Waals surface area (Å²) < 4.78 is 0. The molecule has 4 N–H and O–H groups in total. The molecule has 0 aromatic heterocycles. The van der Waals surface area contributed by atoms with Gasteiger partial charge >= 0.3 is 0 Å². The van der Waals surface area contributed by atoms with Crippen LogP contribution in [0.3, 0.4) is 0 Å². The van der Waals surface area contributed by atoms with Crippen molar-refractivity contribution in [1.29, 1.82) is 0 Å². The molecule has 1 fully saturated rings. The van der Waals surface area contributed by atoms with E-state index in [2.05, 4.69) is 10.2 Å². The fraction of sp³-hybridized carbons (Fsp3) is 1.00. The summed E-state index contributed by atoms with van der Waals surface area (Å²) in [5, 5.41) is 12.6. The van der Waals surface area contributed by atoms with E-state index in [0.717, 1.165) is 39.1 Å². The Morgan fingerprint density at radius 1 is 1.42 bits per heavy atom. The smallest absolute Gasteiger partial charge is 0.0789 e. The monoisotopic (exact) mass is 173 g/mol. The Balaban J connectivity index is 2.20. The lowest BCUT2D eigenvalue weighted by Gasteiger charge is -2.21. The number of hydrogen-bond acceptors (Lipinski definition) is 4. The molecule has 0 aromatic rings. The zero-order chi connectivity index (χ0) is 8.81. The Kier molecular flexibility index (Phi) is 4.53. The van der Waals surface area contributed by atoms with Gasteiger partial charge in [-0.05, 0) is 19.5 Å². The van der Waals surface area contributed by atoms with Crippen molar-refractivity contribution in [1.82, 2.24) is 10.2 Å². The average Bonchev–Trinajstić information content (AvgIpc) is 2.33. The standard InChI is InChI=1S/C8H19N3O/c9-6-8(12)7-11-4-1-2-10-3-5-11/h8,10,12H,1-7,9H2. The molecule has 1 unspecified atom stereocenters. The lowest BCUT2D eigenvalue weighted by atomic mass is 10.3. The number of nitrogens with one attached hydrogen (secondary N) is 1. The van der Waals surface area contributed by atoms with Gasteiger partial charge in [-0.3, -0.25) is 4.90 Å². The van der Waals surface area contributed by atoms with E-state index in [9.17, 15) is 5.11 Å². The Hall–Kier alpha value is -0.160. The second-order valence-electron chi connectivity index (χ2n) is 3.29. The van der Waals surface area contributed by atoms with Crippen molar-refractivity contribution in [2.24, 2.45) is 5.73 Å². The van der Waals surface area contributed by atoms with Crippen LogP contribution in [0.25, 0.3) is 0 Å². The van der Waals surface area contributed by atoms with Gasteiger partial charge in [-0.15, -0.1) is 0 Å². The molecule has 0 amide bonds. The van der Waals surface area contributed by atoms with Crippen molar-refractivity contribution < 1.29 is 5.11 Å². The molecule has 1 aliphatic rings. The molecule has 0 bridgehead atoms. The van der Waals surface area contributed by atoms with Crippen molar-refractivity contribution in [2.45, 2.75) is 12.5 Å². The topological polar surface area (TPSA) is 61.5 Å². The van der Waals surface area contributed by atoms with Crippen LogP contribution >= 0.6 is 0 Å². The first-order chi connectivity index (χ1) is 5.83. The first kappa shape index (κ1) is 9.92. The minimum absolute atomic E-state index is 0.358. The maximum atomic E-state index is 9.31. The maximum absolute atomic E-state index is 9.31. The zero-order valence-electron chi connectivity index (χ0n) is 7.50. The third-order valence-electron chi connectivity index (χ3n) is 2.17. The molecule has 0 aliphatic carbocycles. The van der Waals surface area contributed by atoms with Crippen LogP contribution < -0.4 is 11.1 Å². The summed E-state index contributed by atoms with van der Waals surface area (Å²) >= 11 is 0. The molecule has 1 rings (SSSR count). The van der Waals surface area contributed by atoms with E-state index in [1.165, 1.54) is 0 Å². The fourth-order valence-corrected chi connectivity index (χ4v) is 1.46. The van der Waals surface area contributed by atoms with Gasteiger partial charge in [0.15, 0.2) is 0 Å². The van der Waals surface area contributed by atoms with Crippen molar-refractivity contribution in [3.63, 3.8) is 0 Å². The molecule has 1 saturated heterocycles. The predicted octanol–water partition coefficient (Wildman–Crippen LogP) is -1.40. The fourth-order valence-electron chi connectivity index (χ4n) is 1.46. The van der Waals surface area contributed by atoms with E-state index in [1.807, 2.05) is 0 Å². The van der Waals surface area contributed by atoms with Crippen LogP contribution in [0.1, 0.15) is 6.42 Å². The molecule has 0 aromatic carbocycles. The van der Waals surface area contributed by atoms with Crippen LogP contribution in [-0.4, -0.2) is 55.4 Å². The largest absolute Gasteiger partial charge is 0.390 e.